The molecule has 160 valence electrons. The van der Waals surface area contributed by atoms with E-state index in [1.54, 1.807) is 11.9 Å². The Labute approximate surface area is 179 Å². The molecule has 2 amide bonds. The highest BCUT2D eigenvalue weighted by atomic mass is 16.2. The molecule has 0 bridgehead atoms. The van der Waals surface area contributed by atoms with Gasteiger partial charge in [-0.2, -0.15) is 0 Å². The number of rotatable bonds is 7. The quantitative estimate of drug-likeness (QED) is 0.731. The molecule has 0 saturated carbocycles. The maximum atomic E-state index is 12.4. The average Bonchev–Trinajstić information content (AvgIpc) is 2.72. The second-order valence-corrected chi connectivity index (χ2v) is 8.13. The summed E-state index contributed by atoms with van der Waals surface area (Å²) in [7, 11) is 1.77. The van der Waals surface area contributed by atoms with E-state index >= 15 is 0 Å². The van der Waals surface area contributed by atoms with Crippen LogP contribution in [0.2, 0.25) is 0 Å². The number of carbonyl (C=O) groups excluding carboxylic acids is 2. The Kier molecular flexibility index (Phi) is 7.46. The molecular weight excluding hydrogens is 376 g/mol. The summed E-state index contributed by atoms with van der Waals surface area (Å²) in [4.78, 5) is 28.8. The number of para-hydroxylation sites is 1. The minimum atomic E-state index is -0.136. The number of anilines is 3. The van der Waals surface area contributed by atoms with Crippen molar-refractivity contribution in [2.24, 2.45) is 0 Å². The lowest BCUT2D eigenvalue weighted by Gasteiger charge is -2.28. The van der Waals surface area contributed by atoms with Crippen LogP contribution in [0.25, 0.3) is 0 Å². The van der Waals surface area contributed by atoms with Gasteiger partial charge in [-0.05, 0) is 75.5 Å². The molecule has 0 aliphatic carbocycles. The van der Waals surface area contributed by atoms with Gasteiger partial charge in [-0.3, -0.25) is 14.5 Å². The van der Waals surface area contributed by atoms with Crippen molar-refractivity contribution in [3.8, 4) is 0 Å². The zero-order chi connectivity index (χ0) is 21.5. The number of nitrogens with zero attached hydrogens (tertiary/aromatic N) is 2. The topological polar surface area (TPSA) is 64.7 Å². The Balaban J connectivity index is 1.46. The van der Waals surface area contributed by atoms with Gasteiger partial charge in [-0.1, -0.05) is 18.2 Å². The van der Waals surface area contributed by atoms with Gasteiger partial charge < -0.3 is 15.5 Å². The lowest BCUT2D eigenvalue weighted by molar-refractivity contribution is -0.119. The van der Waals surface area contributed by atoms with E-state index in [-0.39, 0.29) is 24.9 Å². The third kappa shape index (κ3) is 6.07. The average molecular weight is 409 g/mol. The lowest BCUT2D eigenvalue weighted by Crippen LogP contribution is -2.36. The van der Waals surface area contributed by atoms with Crippen molar-refractivity contribution in [3.05, 3.63) is 53.6 Å². The molecule has 1 fully saturated rings. The van der Waals surface area contributed by atoms with Crippen LogP contribution in [0.3, 0.4) is 0 Å². The van der Waals surface area contributed by atoms with Crippen molar-refractivity contribution in [3.63, 3.8) is 0 Å². The number of aryl methyl sites for hydroxylation is 2. The molecule has 1 aliphatic heterocycles. The van der Waals surface area contributed by atoms with E-state index in [0.717, 1.165) is 35.6 Å². The Hall–Kier alpha value is -2.86. The number of likely N-dealkylation sites (N-methyl/N-ethyl adjacent to an activating group) is 1. The van der Waals surface area contributed by atoms with E-state index in [1.165, 1.54) is 24.9 Å². The third-order valence-corrected chi connectivity index (χ3v) is 5.44. The van der Waals surface area contributed by atoms with Gasteiger partial charge in [0.1, 0.15) is 0 Å². The van der Waals surface area contributed by atoms with Gasteiger partial charge in [-0.25, -0.2) is 0 Å². The smallest absolute Gasteiger partial charge is 0.238 e. The standard InChI is InChI=1S/C24H32N4O2/c1-18-8-7-9-19(2)24(18)26-23(30)17-27(3)16-22(29)25-20-10-12-21(13-11-20)28-14-5-4-6-15-28/h7-13H,4-6,14-17H2,1-3H3,(H,25,29)(H,26,30). The fourth-order valence-electron chi connectivity index (χ4n) is 3.84. The highest BCUT2D eigenvalue weighted by molar-refractivity contribution is 5.95. The molecule has 2 aromatic carbocycles. The van der Waals surface area contributed by atoms with Crippen LogP contribution >= 0.6 is 0 Å². The van der Waals surface area contributed by atoms with Crippen molar-refractivity contribution in [1.82, 2.24) is 4.90 Å². The van der Waals surface area contributed by atoms with Crippen LogP contribution in [-0.4, -0.2) is 49.9 Å². The molecule has 0 radical (unpaired) electrons. The van der Waals surface area contributed by atoms with Crippen LogP contribution in [0.15, 0.2) is 42.5 Å². The van der Waals surface area contributed by atoms with E-state index in [4.69, 9.17) is 0 Å². The normalized spacial score (nSPS) is 13.9. The summed E-state index contributed by atoms with van der Waals surface area (Å²) >= 11 is 0. The monoisotopic (exact) mass is 408 g/mol. The fraction of sp³-hybridized carbons (Fsp3) is 0.417. The van der Waals surface area contributed by atoms with Crippen molar-refractivity contribution in [2.45, 2.75) is 33.1 Å². The van der Waals surface area contributed by atoms with E-state index in [1.807, 2.05) is 44.2 Å². The number of hydrogen-bond donors (Lipinski definition) is 2. The Morgan fingerprint density at radius 3 is 2.03 bits per heavy atom. The summed E-state index contributed by atoms with van der Waals surface area (Å²) in [6.45, 7) is 6.43. The number of piperidine rings is 1. The number of hydrogen-bond acceptors (Lipinski definition) is 4. The number of benzene rings is 2. The van der Waals surface area contributed by atoms with Crippen LogP contribution in [-0.2, 0) is 9.59 Å². The summed E-state index contributed by atoms with van der Waals surface area (Å²) in [6.07, 6.45) is 3.78. The summed E-state index contributed by atoms with van der Waals surface area (Å²) in [5.74, 6) is -0.267. The first-order valence-corrected chi connectivity index (χ1v) is 10.6. The fourth-order valence-corrected chi connectivity index (χ4v) is 3.84. The number of nitrogens with one attached hydrogen (secondary N) is 2. The molecule has 2 N–H and O–H groups in total. The molecule has 0 spiro atoms. The van der Waals surface area contributed by atoms with Gasteiger partial charge in [0.05, 0.1) is 13.1 Å². The molecule has 3 rings (SSSR count). The van der Waals surface area contributed by atoms with Crippen LogP contribution in [0.1, 0.15) is 30.4 Å². The first-order valence-electron chi connectivity index (χ1n) is 10.6. The third-order valence-electron chi connectivity index (χ3n) is 5.44. The molecule has 6 heteroatoms. The first-order chi connectivity index (χ1) is 14.4. The molecule has 30 heavy (non-hydrogen) atoms. The van der Waals surface area contributed by atoms with Crippen molar-refractivity contribution in [1.29, 1.82) is 0 Å². The Morgan fingerprint density at radius 2 is 1.43 bits per heavy atom. The van der Waals surface area contributed by atoms with Gasteiger partial charge in [0.25, 0.3) is 0 Å². The summed E-state index contributed by atoms with van der Waals surface area (Å²) in [5, 5.41) is 5.87. The van der Waals surface area contributed by atoms with Gasteiger partial charge in [0, 0.05) is 30.2 Å². The van der Waals surface area contributed by atoms with Crippen LogP contribution in [0.5, 0.6) is 0 Å². The molecule has 2 aromatic rings. The van der Waals surface area contributed by atoms with Crippen LogP contribution in [0.4, 0.5) is 17.1 Å². The Morgan fingerprint density at radius 1 is 0.867 bits per heavy atom. The molecule has 0 aromatic heterocycles. The minimum Gasteiger partial charge on any atom is -0.372 e. The Bertz CT molecular complexity index is 853. The van der Waals surface area contributed by atoms with E-state index in [9.17, 15) is 9.59 Å². The summed E-state index contributed by atoms with van der Waals surface area (Å²) in [6, 6.07) is 13.9. The zero-order valence-corrected chi connectivity index (χ0v) is 18.2. The van der Waals surface area contributed by atoms with E-state index in [0.29, 0.717) is 0 Å². The predicted octanol–water partition coefficient (Wildman–Crippen LogP) is 3.80. The molecule has 0 atom stereocenters. The predicted molar refractivity (Wildman–Crippen MR) is 123 cm³/mol. The zero-order valence-electron chi connectivity index (χ0n) is 18.2. The first kappa shape index (κ1) is 21.8. The van der Waals surface area contributed by atoms with Crippen molar-refractivity contribution >= 4 is 28.9 Å². The second-order valence-electron chi connectivity index (χ2n) is 8.13. The maximum Gasteiger partial charge on any atom is 0.238 e. The number of carbonyl (C=O) groups is 2. The summed E-state index contributed by atoms with van der Waals surface area (Å²) in [5.41, 5.74) is 4.87. The SMILES string of the molecule is Cc1cccc(C)c1NC(=O)CN(C)CC(=O)Nc1ccc(N2CCCCC2)cc1. The largest absolute Gasteiger partial charge is 0.372 e. The van der Waals surface area contributed by atoms with Crippen LogP contribution in [0, 0.1) is 13.8 Å². The highest BCUT2D eigenvalue weighted by Crippen LogP contribution is 2.22. The molecular formula is C24H32N4O2. The second kappa shape index (κ2) is 10.3. The van der Waals surface area contributed by atoms with Crippen molar-refractivity contribution in [2.75, 3.05) is 48.8 Å². The van der Waals surface area contributed by atoms with Gasteiger partial charge in [0.15, 0.2) is 0 Å². The molecule has 1 aliphatic rings. The molecule has 1 saturated heterocycles. The van der Waals surface area contributed by atoms with E-state index < -0.39 is 0 Å². The maximum absolute atomic E-state index is 12.4. The highest BCUT2D eigenvalue weighted by Gasteiger charge is 2.14. The minimum absolute atomic E-state index is 0.131. The molecule has 0 unspecified atom stereocenters. The van der Waals surface area contributed by atoms with Gasteiger partial charge >= 0.3 is 0 Å². The summed E-state index contributed by atoms with van der Waals surface area (Å²) < 4.78 is 0. The van der Waals surface area contributed by atoms with Gasteiger partial charge in [0.2, 0.25) is 11.8 Å². The number of amides is 2. The van der Waals surface area contributed by atoms with Gasteiger partial charge in [-0.15, -0.1) is 0 Å². The lowest BCUT2D eigenvalue weighted by atomic mass is 10.1. The molecule has 1 heterocycles. The molecule has 6 nitrogen and oxygen atoms in total. The van der Waals surface area contributed by atoms with Crippen molar-refractivity contribution < 1.29 is 9.59 Å². The van der Waals surface area contributed by atoms with E-state index in [2.05, 4.69) is 27.7 Å². The van der Waals surface area contributed by atoms with Crippen LogP contribution < -0.4 is 15.5 Å².